The lowest BCUT2D eigenvalue weighted by Crippen LogP contribution is -2.31. The molecule has 11 heteroatoms. The number of hydrogen-bond acceptors (Lipinski definition) is 7. The molecule has 0 atom stereocenters. The zero-order valence-electron chi connectivity index (χ0n) is 20.2. The number of aromatic nitrogens is 4. The Balaban J connectivity index is 1.99. The van der Waals surface area contributed by atoms with Crippen molar-refractivity contribution < 1.29 is 13.2 Å². The van der Waals surface area contributed by atoms with Crippen LogP contribution >= 0.6 is 0 Å². The zero-order valence-corrected chi connectivity index (χ0v) is 21.0. The number of sulfonamides is 1. The van der Waals surface area contributed by atoms with Crippen molar-refractivity contribution in [3.05, 3.63) is 53.9 Å². The van der Waals surface area contributed by atoms with Crippen LogP contribution in [0.1, 0.15) is 43.6 Å². The van der Waals surface area contributed by atoms with Gasteiger partial charge in [0.1, 0.15) is 6.33 Å². The van der Waals surface area contributed by atoms with Gasteiger partial charge in [0.15, 0.2) is 0 Å². The third-order valence-corrected chi connectivity index (χ3v) is 7.76. The summed E-state index contributed by atoms with van der Waals surface area (Å²) in [6.45, 7) is 11.6. The smallest absolute Gasteiger partial charge is 0.255 e. The van der Waals surface area contributed by atoms with E-state index in [1.54, 1.807) is 50.2 Å². The van der Waals surface area contributed by atoms with Crippen LogP contribution in [-0.2, 0) is 10.0 Å². The van der Waals surface area contributed by atoms with Gasteiger partial charge in [0, 0.05) is 31.7 Å². The largest absolute Gasteiger partial charge is 0.370 e. The van der Waals surface area contributed by atoms with E-state index in [1.807, 2.05) is 20.8 Å². The lowest BCUT2D eigenvalue weighted by molar-refractivity contribution is 0.102. The van der Waals surface area contributed by atoms with E-state index in [1.165, 1.54) is 15.3 Å². The second-order valence-electron chi connectivity index (χ2n) is 7.65. The Morgan fingerprint density at radius 1 is 1.00 bits per heavy atom. The maximum atomic E-state index is 13.2. The number of tetrazole rings is 1. The monoisotopic (exact) mass is 485 g/mol. The molecule has 0 saturated carbocycles. The van der Waals surface area contributed by atoms with Crippen LogP contribution < -0.4 is 10.2 Å². The van der Waals surface area contributed by atoms with Crippen molar-refractivity contribution in [2.75, 3.05) is 36.4 Å². The molecule has 0 spiro atoms. The van der Waals surface area contributed by atoms with E-state index in [9.17, 15) is 13.2 Å². The number of rotatable bonds is 10. The van der Waals surface area contributed by atoms with Crippen LogP contribution in [0.3, 0.4) is 0 Å². The van der Waals surface area contributed by atoms with Gasteiger partial charge < -0.3 is 10.2 Å². The lowest BCUT2D eigenvalue weighted by Gasteiger charge is -2.26. The molecule has 1 heterocycles. The van der Waals surface area contributed by atoms with Crippen LogP contribution in [0.4, 0.5) is 11.4 Å². The first kappa shape index (κ1) is 25.3. The summed E-state index contributed by atoms with van der Waals surface area (Å²) in [5.41, 5.74) is 3.24. The van der Waals surface area contributed by atoms with Gasteiger partial charge in [0.2, 0.25) is 10.0 Å². The molecule has 2 aromatic carbocycles. The summed E-state index contributed by atoms with van der Waals surface area (Å²) >= 11 is 0. The van der Waals surface area contributed by atoms with Crippen LogP contribution in [0, 0.1) is 6.92 Å². The van der Waals surface area contributed by atoms with E-state index in [-0.39, 0.29) is 10.8 Å². The van der Waals surface area contributed by atoms with E-state index in [2.05, 4.69) is 25.7 Å². The minimum absolute atomic E-state index is 0.146. The molecule has 3 aromatic rings. The van der Waals surface area contributed by atoms with Crippen molar-refractivity contribution in [2.24, 2.45) is 0 Å². The predicted molar refractivity (Wildman–Crippen MR) is 132 cm³/mol. The van der Waals surface area contributed by atoms with Gasteiger partial charge in [-0.3, -0.25) is 4.79 Å². The highest BCUT2D eigenvalue weighted by atomic mass is 32.2. The number of hydrogen-bond donors (Lipinski definition) is 1. The third-order valence-electron chi connectivity index (χ3n) is 5.72. The normalized spacial score (nSPS) is 11.6. The molecule has 1 aromatic heterocycles. The topological polar surface area (TPSA) is 113 Å². The SMILES string of the molecule is CCN(CC)c1ccc(S(=O)(=O)N(CC)CC)cc1NC(=O)c1ccc(-n2cnnn2)c(C)c1. The number of nitrogens with one attached hydrogen (secondary N) is 1. The van der Waals surface area contributed by atoms with Crippen molar-refractivity contribution in [3.8, 4) is 5.69 Å². The van der Waals surface area contributed by atoms with Crippen molar-refractivity contribution in [3.63, 3.8) is 0 Å². The highest BCUT2D eigenvalue weighted by molar-refractivity contribution is 7.89. The average Bonchev–Trinajstić information content (AvgIpc) is 3.35. The van der Waals surface area contributed by atoms with Gasteiger partial charge in [-0.2, -0.15) is 4.31 Å². The fourth-order valence-corrected chi connectivity index (χ4v) is 5.33. The number of benzene rings is 2. The van der Waals surface area contributed by atoms with Crippen molar-refractivity contribution in [2.45, 2.75) is 39.5 Å². The number of nitrogens with zero attached hydrogens (tertiary/aromatic N) is 6. The quantitative estimate of drug-likeness (QED) is 0.469. The maximum Gasteiger partial charge on any atom is 0.255 e. The van der Waals surface area contributed by atoms with Crippen LogP contribution in [0.5, 0.6) is 0 Å². The standard InChI is InChI=1S/C23H31N7O3S/c1-6-28(7-2)22-13-11-19(34(32,33)29(8-3)9-4)15-20(22)25-23(31)18-10-12-21(17(5)14-18)30-16-24-26-27-30/h10-16H,6-9H2,1-5H3,(H,25,31). The van der Waals surface area contributed by atoms with Crippen LogP contribution in [0.15, 0.2) is 47.6 Å². The van der Waals surface area contributed by atoms with E-state index < -0.39 is 10.0 Å². The van der Waals surface area contributed by atoms with Crippen LogP contribution in [0.25, 0.3) is 5.69 Å². The van der Waals surface area contributed by atoms with Crippen molar-refractivity contribution in [1.82, 2.24) is 24.5 Å². The lowest BCUT2D eigenvalue weighted by atomic mass is 10.1. The van der Waals surface area contributed by atoms with Gasteiger partial charge in [-0.1, -0.05) is 13.8 Å². The summed E-state index contributed by atoms with van der Waals surface area (Å²) in [4.78, 5) is 15.4. The predicted octanol–water partition coefficient (Wildman–Crippen LogP) is 3.10. The molecule has 0 fully saturated rings. The average molecular weight is 486 g/mol. The van der Waals surface area contributed by atoms with Gasteiger partial charge >= 0.3 is 0 Å². The van der Waals surface area contributed by atoms with E-state index in [0.29, 0.717) is 37.4 Å². The van der Waals surface area contributed by atoms with E-state index in [4.69, 9.17) is 0 Å². The number of carbonyl (C=O) groups excluding carboxylic acids is 1. The van der Waals surface area contributed by atoms with Gasteiger partial charge in [-0.25, -0.2) is 13.1 Å². The summed E-state index contributed by atoms with van der Waals surface area (Å²) in [5.74, 6) is -0.336. The zero-order chi connectivity index (χ0) is 24.9. The third kappa shape index (κ3) is 5.10. The van der Waals surface area contributed by atoms with Gasteiger partial charge in [-0.15, -0.1) is 5.10 Å². The number of aryl methyl sites for hydroxylation is 1. The molecule has 0 aliphatic rings. The first-order valence-electron chi connectivity index (χ1n) is 11.3. The first-order chi connectivity index (χ1) is 16.3. The second-order valence-corrected chi connectivity index (χ2v) is 9.59. The van der Waals surface area contributed by atoms with Gasteiger partial charge in [0.05, 0.1) is 22.0 Å². The molecule has 0 aliphatic heterocycles. The molecule has 0 aliphatic carbocycles. The minimum atomic E-state index is -3.68. The molecule has 0 unspecified atom stereocenters. The molecule has 0 bridgehead atoms. The Morgan fingerprint density at radius 2 is 1.71 bits per heavy atom. The first-order valence-corrected chi connectivity index (χ1v) is 12.7. The number of carbonyl (C=O) groups is 1. The molecule has 1 N–H and O–H groups in total. The second kappa shape index (κ2) is 10.7. The Hall–Kier alpha value is -3.31. The highest BCUT2D eigenvalue weighted by Gasteiger charge is 2.24. The maximum absolute atomic E-state index is 13.2. The van der Waals surface area contributed by atoms with E-state index in [0.717, 1.165) is 16.9 Å². The molecule has 3 rings (SSSR count). The molecule has 182 valence electrons. The molecule has 34 heavy (non-hydrogen) atoms. The van der Waals surface area contributed by atoms with Crippen LogP contribution in [-0.4, -0.2) is 65.0 Å². The minimum Gasteiger partial charge on any atom is -0.370 e. The molecule has 0 saturated heterocycles. The molecule has 0 radical (unpaired) electrons. The fraction of sp³-hybridized carbons (Fsp3) is 0.391. The number of anilines is 2. The fourth-order valence-electron chi connectivity index (χ4n) is 3.85. The Kier molecular flexibility index (Phi) is 8.00. The molecule has 1 amide bonds. The summed E-state index contributed by atoms with van der Waals surface area (Å²) in [5, 5.41) is 14.1. The van der Waals surface area contributed by atoms with Crippen LogP contribution in [0.2, 0.25) is 0 Å². The molecule has 10 nitrogen and oxygen atoms in total. The summed E-state index contributed by atoms with van der Waals surface area (Å²) in [6, 6.07) is 10.1. The Morgan fingerprint density at radius 3 is 2.26 bits per heavy atom. The van der Waals surface area contributed by atoms with Gasteiger partial charge in [-0.05, 0) is 73.2 Å². The highest BCUT2D eigenvalue weighted by Crippen LogP contribution is 2.31. The summed E-state index contributed by atoms with van der Waals surface area (Å²) < 4.78 is 29.1. The summed E-state index contributed by atoms with van der Waals surface area (Å²) in [6.07, 6.45) is 1.49. The molecular formula is C23H31N7O3S. The Labute approximate surface area is 200 Å². The number of amides is 1. The van der Waals surface area contributed by atoms with Gasteiger partial charge in [0.25, 0.3) is 5.91 Å². The summed E-state index contributed by atoms with van der Waals surface area (Å²) in [7, 11) is -3.68. The molecular weight excluding hydrogens is 454 g/mol. The van der Waals surface area contributed by atoms with Crippen molar-refractivity contribution in [1.29, 1.82) is 0 Å². The van der Waals surface area contributed by atoms with Crippen molar-refractivity contribution >= 4 is 27.3 Å². The van der Waals surface area contributed by atoms with E-state index >= 15 is 0 Å². The Bertz CT molecular complexity index is 1240.